The number of hydrogen-bond acceptors (Lipinski definition) is 5. The zero-order valence-corrected chi connectivity index (χ0v) is 15.8. The predicted molar refractivity (Wildman–Crippen MR) is 109 cm³/mol. The van der Waals surface area contributed by atoms with Gasteiger partial charge in [-0.15, -0.1) is 0 Å². The highest BCUT2D eigenvalue weighted by atomic mass is 15.5. The minimum atomic E-state index is 0.559. The number of nitrogens with one attached hydrogen (secondary N) is 1. The lowest BCUT2D eigenvalue weighted by Gasteiger charge is -2.29. The topological polar surface area (TPSA) is 57.3 Å². The Morgan fingerprint density at radius 3 is 2.81 bits per heavy atom. The number of pyridine rings is 1. The number of nitrogens with zero attached hydrogens (tertiary/aromatic N) is 5. The zero-order chi connectivity index (χ0) is 18.4. The van der Waals surface area contributed by atoms with Gasteiger partial charge in [0.15, 0.2) is 0 Å². The van der Waals surface area contributed by atoms with E-state index in [9.17, 15) is 0 Å². The van der Waals surface area contributed by atoms with Crippen LogP contribution < -0.4 is 5.32 Å². The van der Waals surface area contributed by atoms with Crippen LogP contribution in [0.3, 0.4) is 0 Å². The smallest absolute Gasteiger partial charge is 0.149 e. The lowest BCUT2D eigenvalue weighted by atomic mass is 9.92. The van der Waals surface area contributed by atoms with Crippen LogP contribution in [0.25, 0.3) is 11.3 Å². The Morgan fingerprint density at radius 2 is 1.96 bits per heavy atom. The van der Waals surface area contributed by atoms with E-state index in [1.165, 1.54) is 5.71 Å². The third-order valence-electron chi connectivity index (χ3n) is 5.51. The van der Waals surface area contributed by atoms with Crippen molar-refractivity contribution in [3.63, 3.8) is 0 Å². The summed E-state index contributed by atoms with van der Waals surface area (Å²) >= 11 is 0. The molecule has 6 nitrogen and oxygen atoms in total. The monoisotopic (exact) mass is 360 g/mol. The van der Waals surface area contributed by atoms with Gasteiger partial charge in [-0.25, -0.2) is 15.0 Å². The Bertz CT molecular complexity index is 1020. The fraction of sp³-hybridized carbons (Fsp3) is 0.381. The minimum Gasteiger partial charge on any atom is -0.317 e. The number of hydrazone groups is 1. The summed E-state index contributed by atoms with van der Waals surface area (Å²) in [6, 6.07) is 2.17. The highest BCUT2D eigenvalue weighted by Gasteiger charge is 2.24. The number of rotatable bonds is 2. The molecule has 0 aliphatic carbocycles. The maximum atomic E-state index is 4.87. The van der Waals surface area contributed by atoms with E-state index in [-0.39, 0.29) is 0 Å². The number of amidine groups is 1. The first-order valence-corrected chi connectivity index (χ1v) is 9.67. The fourth-order valence-corrected chi connectivity index (χ4v) is 4.09. The normalized spacial score (nSPS) is 20.4. The first kappa shape index (κ1) is 16.4. The minimum absolute atomic E-state index is 0.559. The number of piperidine rings is 1. The Balaban J connectivity index is 1.42. The van der Waals surface area contributed by atoms with E-state index in [0.717, 1.165) is 66.5 Å². The van der Waals surface area contributed by atoms with Crippen LogP contribution in [0.1, 0.15) is 29.7 Å². The van der Waals surface area contributed by atoms with E-state index in [4.69, 9.17) is 10.1 Å². The molecule has 0 bridgehead atoms. The summed E-state index contributed by atoms with van der Waals surface area (Å²) in [7, 11) is 0. The van der Waals surface area contributed by atoms with Crippen LogP contribution in [0.5, 0.6) is 0 Å². The molecule has 27 heavy (non-hydrogen) atoms. The molecule has 2 aromatic heterocycles. The molecule has 1 saturated heterocycles. The van der Waals surface area contributed by atoms with Gasteiger partial charge in [0.1, 0.15) is 11.5 Å². The SMILES string of the molecule is Cc1cn2cc(C3=CCN4N=C(C5CCNCC5)C=CC4=N3)cc(C)c2n1. The summed E-state index contributed by atoms with van der Waals surface area (Å²) in [5, 5.41) is 10.3. The standard InChI is InChI=1S/C21H24N6/c1-14-11-17(13-26-12-15(2)23-21(14)26)18-7-10-27-20(24-18)4-3-19(25-27)16-5-8-22-9-6-16/h3-4,7,11-13,16,22H,5-6,8-10H2,1-2H3. The molecule has 1 fully saturated rings. The summed E-state index contributed by atoms with van der Waals surface area (Å²) in [5.41, 5.74) is 6.51. The molecular weight excluding hydrogens is 336 g/mol. The average Bonchev–Trinajstić information content (AvgIpc) is 3.09. The molecule has 0 radical (unpaired) electrons. The van der Waals surface area contributed by atoms with Crippen LogP contribution in [0.4, 0.5) is 0 Å². The van der Waals surface area contributed by atoms with E-state index in [0.29, 0.717) is 5.92 Å². The molecule has 0 amide bonds. The van der Waals surface area contributed by atoms with E-state index in [1.807, 2.05) is 11.9 Å². The maximum absolute atomic E-state index is 4.87. The highest BCUT2D eigenvalue weighted by Crippen LogP contribution is 2.26. The van der Waals surface area contributed by atoms with Gasteiger partial charge in [0.2, 0.25) is 0 Å². The second-order valence-corrected chi connectivity index (χ2v) is 7.55. The molecule has 5 rings (SSSR count). The van der Waals surface area contributed by atoms with Gasteiger partial charge in [-0.05, 0) is 69.6 Å². The lowest BCUT2D eigenvalue weighted by molar-refractivity contribution is 0.437. The molecule has 138 valence electrons. The quantitative estimate of drug-likeness (QED) is 0.896. The molecule has 5 heterocycles. The molecule has 0 spiro atoms. The van der Waals surface area contributed by atoms with Gasteiger partial charge in [0.05, 0.1) is 23.6 Å². The van der Waals surface area contributed by atoms with Crippen molar-refractivity contribution in [3.8, 4) is 0 Å². The summed E-state index contributed by atoms with van der Waals surface area (Å²) in [4.78, 5) is 9.46. The van der Waals surface area contributed by atoms with Gasteiger partial charge >= 0.3 is 0 Å². The highest BCUT2D eigenvalue weighted by molar-refractivity contribution is 6.08. The van der Waals surface area contributed by atoms with E-state index >= 15 is 0 Å². The van der Waals surface area contributed by atoms with Crippen LogP contribution in [0.15, 0.2) is 46.8 Å². The number of aliphatic imine (C=N–C) groups is 1. The van der Waals surface area contributed by atoms with Gasteiger partial charge in [-0.2, -0.15) is 5.10 Å². The van der Waals surface area contributed by atoms with Gasteiger partial charge in [-0.1, -0.05) is 0 Å². The van der Waals surface area contributed by atoms with E-state index in [1.54, 1.807) is 0 Å². The van der Waals surface area contributed by atoms with Crippen molar-refractivity contribution in [2.24, 2.45) is 16.0 Å². The van der Waals surface area contributed by atoms with Gasteiger partial charge < -0.3 is 9.72 Å². The molecule has 0 saturated carbocycles. The molecule has 3 aliphatic heterocycles. The number of imidazole rings is 1. The van der Waals surface area contributed by atoms with Crippen molar-refractivity contribution in [3.05, 3.63) is 53.5 Å². The molecule has 0 unspecified atom stereocenters. The molecule has 6 heteroatoms. The van der Waals surface area contributed by atoms with Gasteiger partial charge in [-0.3, -0.25) is 0 Å². The number of allylic oxidation sites excluding steroid dienone is 1. The maximum Gasteiger partial charge on any atom is 0.149 e. The van der Waals surface area contributed by atoms with Crippen molar-refractivity contribution < 1.29 is 0 Å². The van der Waals surface area contributed by atoms with Crippen molar-refractivity contribution >= 4 is 22.9 Å². The number of aromatic nitrogens is 2. The van der Waals surface area contributed by atoms with Gasteiger partial charge in [0.25, 0.3) is 0 Å². The average molecular weight is 360 g/mol. The van der Waals surface area contributed by atoms with Crippen molar-refractivity contribution in [2.45, 2.75) is 26.7 Å². The fourth-order valence-electron chi connectivity index (χ4n) is 4.09. The van der Waals surface area contributed by atoms with Crippen LogP contribution in [-0.2, 0) is 0 Å². The molecule has 1 N–H and O–H groups in total. The molecule has 0 aromatic carbocycles. The lowest BCUT2D eigenvalue weighted by Crippen LogP contribution is -2.36. The zero-order valence-electron chi connectivity index (χ0n) is 15.8. The summed E-state index contributed by atoms with van der Waals surface area (Å²) in [6.45, 7) is 7.04. The first-order valence-electron chi connectivity index (χ1n) is 9.67. The third kappa shape index (κ3) is 3.00. The number of fused-ring (bicyclic) bond motifs is 2. The molecular formula is C21H24N6. The van der Waals surface area contributed by atoms with Crippen LogP contribution >= 0.6 is 0 Å². The third-order valence-corrected chi connectivity index (χ3v) is 5.51. The van der Waals surface area contributed by atoms with E-state index in [2.05, 4.69) is 58.3 Å². The first-order chi connectivity index (χ1) is 13.2. The molecule has 0 atom stereocenters. The summed E-state index contributed by atoms with van der Waals surface area (Å²) < 4.78 is 2.09. The largest absolute Gasteiger partial charge is 0.317 e. The Labute approximate surface area is 159 Å². The predicted octanol–water partition coefficient (Wildman–Crippen LogP) is 2.93. The second kappa shape index (κ2) is 6.46. The Hall–Kier alpha value is -2.73. The van der Waals surface area contributed by atoms with Crippen LogP contribution in [-0.4, -0.2) is 45.6 Å². The molecule has 3 aliphatic rings. The Morgan fingerprint density at radius 1 is 1.11 bits per heavy atom. The Kier molecular flexibility index (Phi) is 3.93. The summed E-state index contributed by atoms with van der Waals surface area (Å²) in [6.07, 6.45) is 12.9. The van der Waals surface area contributed by atoms with Gasteiger partial charge in [0, 0.05) is 23.9 Å². The van der Waals surface area contributed by atoms with E-state index < -0.39 is 0 Å². The number of aryl methyl sites for hydroxylation is 2. The van der Waals surface area contributed by atoms with Crippen molar-refractivity contribution in [1.29, 1.82) is 0 Å². The van der Waals surface area contributed by atoms with Crippen LogP contribution in [0, 0.1) is 19.8 Å². The summed E-state index contributed by atoms with van der Waals surface area (Å²) in [5.74, 6) is 1.48. The van der Waals surface area contributed by atoms with Crippen molar-refractivity contribution in [1.82, 2.24) is 19.7 Å². The number of hydrogen-bond donors (Lipinski definition) is 1. The van der Waals surface area contributed by atoms with Crippen LogP contribution in [0.2, 0.25) is 0 Å². The molecule has 2 aromatic rings. The second-order valence-electron chi connectivity index (χ2n) is 7.55. The van der Waals surface area contributed by atoms with Crippen molar-refractivity contribution in [2.75, 3.05) is 19.6 Å².